The summed E-state index contributed by atoms with van der Waals surface area (Å²) < 4.78 is 189. The Morgan fingerprint density at radius 1 is 0.431 bits per heavy atom. The van der Waals surface area contributed by atoms with Gasteiger partial charge in [-0.3, -0.25) is 0 Å². The van der Waals surface area contributed by atoms with Gasteiger partial charge in [-0.05, 0) is 98.3 Å². The summed E-state index contributed by atoms with van der Waals surface area (Å²) in [7, 11) is -11.6. The maximum atomic E-state index is 12.6. The summed E-state index contributed by atoms with van der Waals surface area (Å²) in [5.74, 6) is -25.7. The van der Waals surface area contributed by atoms with E-state index in [2.05, 4.69) is 141 Å². The monoisotopic (exact) mass is 1100 g/mol. The molecule has 0 aromatic heterocycles. The van der Waals surface area contributed by atoms with Gasteiger partial charge < -0.3 is 9.11 Å². The van der Waals surface area contributed by atoms with Gasteiger partial charge in [-0.25, -0.2) is 60.7 Å². The average Bonchev–Trinajstić information content (AvgIpc) is 3.27. The number of hydrogen-bond acceptors (Lipinski definition) is 7. The standard InChI is InChI=1S/C32H27IS2.2C6HF5O3S/c1-24-10-9-15-32(25(24)2)33-26-16-18-27(19-17-26)34-28-20-22-31(23-21-28)35(29-11-5-3-6-12-29)30-13-7-4-8-14-30;2*7-1-2(8)4(10)6(15(12,13)14)5(11)3(1)9/h3-23H,1-2H3;2*(H,12,13,14)/q+2;;/p-2. The molecule has 21 heteroatoms. The molecule has 0 spiro atoms. The molecule has 7 rings (SSSR count). The predicted octanol–water partition coefficient (Wildman–Crippen LogP) is 8.25. The molecular weight excluding hydrogens is 1070 g/mol. The van der Waals surface area contributed by atoms with Crippen LogP contribution in [0.2, 0.25) is 0 Å². The summed E-state index contributed by atoms with van der Waals surface area (Å²) >= 11 is 1.69. The minimum atomic E-state index is -5.77. The minimum Gasteiger partial charge on any atom is -0.744 e. The Kier molecular flexibility index (Phi) is 17.0. The summed E-state index contributed by atoms with van der Waals surface area (Å²) in [5, 5.41) is 0. The average molecular weight is 1100 g/mol. The van der Waals surface area contributed by atoms with Gasteiger partial charge in [0.2, 0.25) is 11.6 Å². The van der Waals surface area contributed by atoms with Crippen molar-refractivity contribution < 1.29 is 91.1 Å². The van der Waals surface area contributed by atoms with Gasteiger partial charge in [0.1, 0.15) is 30.0 Å². The Balaban J connectivity index is 0.000000218. The van der Waals surface area contributed by atoms with Crippen LogP contribution in [0.5, 0.6) is 0 Å². The summed E-state index contributed by atoms with van der Waals surface area (Å²) in [6, 6.07) is 46.6. The lowest BCUT2D eigenvalue weighted by Crippen LogP contribution is -3.61. The van der Waals surface area contributed by atoms with Crippen LogP contribution >= 0.6 is 11.8 Å². The van der Waals surface area contributed by atoms with Crippen LogP contribution in [0.4, 0.5) is 43.9 Å². The van der Waals surface area contributed by atoms with E-state index in [1.165, 1.54) is 42.7 Å². The third-order valence-electron chi connectivity index (χ3n) is 8.66. The van der Waals surface area contributed by atoms with Crippen molar-refractivity contribution in [1.29, 1.82) is 0 Å². The second-order valence-corrected chi connectivity index (χ2v) is 21.7. The fourth-order valence-electron chi connectivity index (χ4n) is 5.41. The van der Waals surface area contributed by atoms with E-state index in [0.717, 1.165) is 0 Å². The van der Waals surface area contributed by atoms with Crippen molar-refractivity contribution in [2.45, 2.75) is 48.1 Å². The van der Waals surface area contributed by atoms with Crippen molar-refractivity contribution in [3.8, 4) is 0 Å². The highest BCUT2D eigenvalue weighted by molar-refractivity contribution is 7.99. The molecule has 0 radical (unpaired) electrons. The van der Waals surface area contributed by atoms with Gasteiger partial charge in [-0.2, -0.15) is 0 Å². The molecule has 6 nitrogen and oxygen atoms in total. The van der Waals surface area contributed by atoms with Gasteiger partial charge in [0, 0.05) is 15.4 Å². The second-order valence-electron chi connectivity index (χ2n) is 12.9. The van der Waals surface area contributed by atoms with Gasteiger partial charge in [0.15, 0.2) is 68.4 Å². The molecule has 0 heterocycles. The molecule has 0 N–H and O–H groups in total. The molecule has 0 saturated heterocycles. The smallest absolute Gasteiger partial charge is 0.358 e. The first-order valence-corrected chi connectivity index (χ1v) is 24.9. The molecule has 0 saturated carbocycles. The van der Waals surface area contributed by atoms with Crippen LogP contribution in [0, 0.1) is 79.2 Å². The van der Waals surface area contributed by atoms with Crippen LogP contribution in [-0.4, -0.2) is 25.9 Å². The fraction of sp³-hybridized carbons (Fsp3) is 0.0455. The molecule has 0 unspecified atom stereocenters. The summed E-state index contributed by atoms with van der Waals surface area (Å²) in [6.07, 6.45) is 0. The Labute approximate surface area is 383 Å². The molecule has 7 aromatic carbocycles. The van der Waals surface area contributed by atoms with Gasteiger partial charge in [0.25, 0.3) is 0 Å². The summed E-state index contributed by atoms with van der Waals surface area (Å²) in [6.45, 7) is 4.45. The lowest BCUT2D eigenvalue weighted by Gasteiger charge is -2.10. The SMILES string of the molecule is Cc1cccc([I+]c2ccc(Sc3ccc([S+](c4ccccc4)c4ccccc4)cc3)cc2)c1C.O=S(=O)([O-])c1c(F)c(F)c(F)c(F)c1F.O=S(=O)([O-])c1c(F)c(F)c(F)c(F)c1F. The molecule has 0 amide bonds. The zero-order valence-corrected chi connectivity index (χ0v) is 38.3. The third kappa shape index (κ3) is 12.3. The normalized spacial score (nSPS) is 11.4. The van der Waals surface area contributed by atoms with E-state index in [0.29, 0.717) is 0 Å². The predicted molar refractivity (Wildman–Crippen MR) is 214 cm³/mol. The molecule has 0 fully saturated rings. The van der Waals surface area contributed by atoms with Gasteiger partial charge in [-0.15, -0.1) is 0 Å². The van der Waals surface area contributed by atoms with Crippen molar-refractivity contribution in [3.63, 3.8) is 0 Å². The highest BCUT2D eigenvalue weighted by Crippen LogP contribution is 2.34. The van der Waals surface area contributed by atoms with Crippen LogP contribution in [0.15, 0.2) is 162 Å². The van der Waals surface area contributed by atoms with E-state index in [-0.39, 0.29) is 32.1 Å². The van der Waals surface area contributed by atoms with Gasteiger partial charge in [-0.1, -0.05) is 60.3 Å². The topological polar surface area (TPSA) is 114 Å². The van der Waals surface area contributed by atoms with E-state index in [1.54, 1.807) is 0 Å². The fourth-order valence-corrected chi connectivity index (χ4v) is 12.2. The van der Waals surface area contributed by atoms with E-state index in [1.807, 2.05) is 11.8 Å². The first-order valence-electron chi connectivity index (χ1n) is 17.9. The maximum absolute atomic E-state index is 12.6. The maximum Gasteiger partial charge on any atom is 0.358 e. The van der Waals surface area contributed by atoms with Crippen LogP contribution in [0.1, 0.15) is 11.1 Å². The lowest BCUT2D eigenvalue weighted by molar-refractivity contribution is -0.598. The number of rotatable bonds is 9. The van der Waals surface area contributed by atoms with Crippen molar-refractivity contribution in [2.24, 2.45) is 0 Å². The van der Waals surface area contributed by atoms with Crippen LogP contribution in [0.3, 0.4) is 0 Å². The van der Waals surface area contributed by atoms with Crippen LogP contribution in [0.25, 0.3) is 0 Å². The molecule has 7 aromatic rings. The molecule has 65 heavy (non-hydrogen) atoms. The number of aryl methyl sites for hydroxylation is 1. The minimum absolute atomic E-state index is 0.101. The quantitative estimate of drug-likeness (QED) is 0.0358. The van der Waals surface area contributed by atoms with E-state index >= 15 is 0 Å². The van der Waals surface area contributed by atoms with Crippen molar-refractivity contribution in [1.82, 2.24) is 0 Å². The molecule has 0 atom stereocenters. The second kappa shape index (κ2) is 21.6. The van der Waals surface area contributed by atoms with Crippen molar-refractivity contribution >= 4 is 42.9 Å². The largest absolute Gasteiger partial charge is 0.744 e. The van der Waals surface area contributed by atoms with Crippen molar-refractivity contribution in [2.75, 3.05) is 0 Å². The molecule has 0 bridgehead atoms. The summed E-state index contributed by atoms with van der Waals surface area (Å²) in [5.41, 5.74) is 2.84. The Morgan fingerprint density at radius 2 is 0.769 bits per heavy atom. The highest BCUT2D eigenvalue weighted by atomic mass is 127. The Bertz CT molecular complexity index is 2870. The summed E-state index contributed by atoms with van der Waals surface area (Å²) in [4.78, 5) is 1.86. The van der Waals surface area contributed by atoms with Gasteiger partial charge in [0.05, 0.1) is 10.9 Å². The van der Waals surface area contributed by atoms with E-state index < -0.39 is 88.2 Å². The zero-order chi connectivity index (χ0) is 48.0. The number of hydrogen-bond donors (Lipinski definition) is 0. The molecule has 340 valence electrons. The van der Waals surface area contributed by atoms with E-state index in [9.17, 15) is 69.8 Å². The van der Waals surface area contributed by atoms with Crippen LogP contribution < -0.4 is 21.2 Å². The molecule has 0 aliphatic carbocycles. The Hall–Kier alpha value is -4.91. The van der Waals surface area contributed by atoms with Crippen molar-refractivity contribution in [3.05, 3.63) is 204 Å². The molecule has 0 aliphatic heterocycles. The van der Waals surface area contributed by atoms with Gasteiger partial charge >= 0.3 is 21.2 Å². The first-order chi connectivity index (χ1) is 30.5. The molecular formula is C44H27F10IO6S4. The number of halogens is 11. The zero-order valence-electron chi connectivity index (χ0n) is 32.9. The first kappa shape index (κ1) is 51.1. The lowest BCUT2D eigenvalue weighted by atomic mass is 10.1. The molecule has 0 aliphatic rings. The van der Waals surface area contributed by atoms with Crippen LogP contribution in [-0.2, 0) is 31.1 Å². The van der Waals surface area contributed by atoms with E-state index in [4.69, 9.17) is 0 Å². The number of benzene rings is 7. The Morgan fingerprint density at radius 3 is 1.14 bits per heavy atom. The highest BCUT2D eigenvalue weighted by Gasteiger charge is 2.31. The third-order valence-corrected chi connectivity index (χ3v) is 16.7.